The van der Waals surface area contributed by atoms with Gasteiger partial charge in [-0.2, -0.15) is 0 Å². The zero-order valence-corrected chi connectivity index (χ0v) is 11.5. The molecule has 0 aromatic heterocycles. The molecule has 0 bridgehead atoms. The van der Waals surface area contributed by atoms with Crippen LogP contribution in [0.1, 0.15) is 22.3 Å². The maximum atomic E-state index is 12.1. The van der Waals surface area contributed by atoms with Gasteiger partial charge < -0.3 is 5.11 Å². The van der Waals surface area contributed by atoms with Crippen molar-refractivity contribution in [2.75, 3.05) is 0 Å². The topological polar surface area (TPSA) is 66.4 Å². The van der Waals surface area contributed by atoms with Crippen LogP contribution in [0.4, 0.5) is 0 Å². The summed E-state index contributed by atoms with van der Waals surface area (Å²) in [6.45, 7) is 0.417. The molecule has 0 aliphatic heterocycles. The molecule has 2 rings (SSSR count). The predicted octanol–water partition coefficient (Wildman–Crippen LogP) is 2.50. The van der Waals surface area contributed by atoms with Gasteiger partial charge >= 0.3 is 5.97 Å². The maximum absolute atomic E-state index is 12.1. The molecule has 0 saturated heterocycles. The summed E-state index contributed by atoms with van der Waals surface area (Å²) in [5, 5.41) is 12.1. The Morgan fingerprint density at radius 1 is 0.952 bits per heavy atom. The summed E-state index contributed by atoms with van der Waals surface area (Å²) in [5.74, 6) is -1.20. The Morgan fingerprint density at radius 2 is 1.52 bits per heavy atom. The van der Waals surface area contributed by atoms with E-state index in [9.17, 15) is 14.7 Å². The number of benzene rings is 2. The summed E-state index contributed by atoms with van der Waals surface area (Å²) in [7, 11) is 0. The molecule has 1 unspecified atom stereocenters. The average molecular weight is 283 g/mol. The lowest BCUT2D eigenvalue weighted by molar-refractivity contribution is -0.139. The van der Waals surface area contributed by atoms with E-state index in [0.717, 1.165) is 5.56 Å². The maximum Gasteiger partial charge on any atom is 0.321 e. The molecule has 21 heavy (non-hydrogen) atoms. The van der Waals surface area contributed by atoms with Gasteiger partial charge in [0.15, 0.2) is 5.78 Å². The van der Waals surface area contributed by atoms with Crippen LogP contribution in [-0.4, -0.2) is 22.9 Å². The second-order valence-electron chi connectivity index (χ2n) is 4.75. The number of hydrogen-bond donors (Lipinski definition) is 2. The van der Waals surface area contributed by atoms with E-state index in [1.807, 2.05) is 36.4 Å². The van der Waals surface area contributed by atoms with Crippen LogP contribution in [0.15, 0.2) is 60.7 Å². The molecular weight excluding hydrogens is 266 g/mol. The predicted molar refractivity (Wildman–Crippen MR) is 80.1 cm³/mol. The van der Waals surface area contributed by atoms with Crippen LogP contribution in [0.2, 0.25) is 0 Å². The summed E-state index contributed by atoms with van der Waals surface area (Å²) < 4.78 is 0. The van der Waals surface area contributed by atoms with Gasteiger partial charge in [-0.3, -0.25) is 14.9 Å². The van der Waals surface area contributed by atoms with E-state index in [-0.39, 0.29) is 12.2 Å². The van der Waals surface area contributed by atoms with Crippen molar-refractivity contribution in [3.8, 4) is 0 Å². The van der Waals surface area contributed by atoms with Crippen molar-refractivity contribution in [3.05, 3.63) is 71.8 Å². The molecule has 4 heteroatoms. The van der Waals surface area contributed by atoms with Crippen molar-refractivity contribution >= 4 is 11.8 Å². The summed E-state index contributed by atoms with van der Waals surface area (Å²) in [5.41, 5.74) is 1.51. The minimum atomic E-state index is -1.02. The smallest absolute Gasteiger partial charge is 0.321 e. The number of hydrogen-bond acceptors (Lipinski definition) is 3. The highest BCUT2D eigenvalue weighted by molar-refractivity contribution is 5.98. The molecule has 108 valence electrons. The van der Waals surface area contributed by atoms with Crippen LogP contribution in [0.25, 0.3) is 0 Å². The van der Waals surface area contributed by atoms with E-state index >= 15 is 0 Å². The Labute approximate surface area is 123 Å². The Morgan fingerprint density at radius 3 is 2.10 bits per heavy atom. The lowest BCUT2D eigenvalue weighted by atomic mass is 10.0. The number of carbonyl (C=O) groups excluding carboxylic acids is 1. The van der Waals surface area contributed by atoms with Gasteiger partial charge in [0.2, 0.25) is 0 Å². The normalized spacial score (nSPS) is 11.8. The largest absolute Gasteiger partial charge is 0.480 e. The van der Waals surface area contributed by atoms with Crippen molar-refractivity contribution in [1.82, 2.24) is 5.32 Å². The van der Waals surface area contributed by atoms with E-state index in [4.69, 9.17) is 0 Å². The number of nitrogens with one attached hydrogen (secondary N) is 1. The van der Waals surface area contributed by atoms with Crippen molar-refractivity contribution < 1.29 is 14.7 Å². The van der Waals surface area contributed by atoms with Crippen molar-refractivity contribution in [3.63, 3.8) is 0 Å². The second-order valence-corrected chi connectivity index (χ2v) is 4.75. The third-order valence-corrected chi connectivity index (χ3v) is 3.18. The summed E-state index contributed by atoms with van der Waals surface area (Å²) >= 11 is 0. The van der Waals surface area contributed by atoms with Gasteiger partial charge in [-0.05, 0) is 5.56 Å². The summed E-state index contributed by atoms with van der Waals surface area (Å²) in [6.07, 6.45) is -0.0633. The molecule has 0 radical (unpaired) electrons. The first-order chi connectivity index (χ1) is 10.2. The fourth-order valence-electron chi connectivity index (χ4n) is 2.01. The fourth-order valence-corrected chi connectivity index (χ4v) is 2.01. The molecule has 0 spiro atoms. The summed E-state index contributed by atoms with van der Waals surface area (Å²) in [4.78, 5) is 23.3. The van der Waals surface area contributed by atoms with Crippen molar-refractivity contribution in [2.24, 2.45) is 0 Å². The third-order valence-electron chi connectivity index (χ3n) is 3.18. The standard InChI is InChI=1S/C17H17NO3/c19-16(14-9-5-2-6-10-14)11-15(17(20)21)18-12-13-7-3-1-4-8-13/h1-10,15,18H,11-12H2,(H,20,21). The van der Waals surface area contributed by atoms with Gasteiger partial charge in [-0.1, -0.05) is 60.7 Å². The van der Waals surface area contributed by atoms with Gasteiger partial charge in [0.05, 0.1) is 0 Å². The average Bonchev–Trinajstić information content (AvgIpc) is 2.52. The molecule has 2 N–H and O–H groups in total. The Bertz CT molecular complexity index is 596. The number of ketones is 1. The molecule has 0 fully saturated rings. The zero-order valence-electron chi connectivity index (χ0n) is 11.5. The number of Topliss-reactive ketones (excluding diaryl/α,β-unsaturated/α-hetero) is 1. The molecule has 2 aromatic rings. The highest BCUT2D eigenvalue weighted by Gasteiger charge is 2.21. The molecule has 1 atom stereocenters. The molecule has 0 saturated carbocycles. The Balaban J connectivity index is 1.96. The van der Waals surface area contributed by atoms with Crippen LogP contribution in [-0.2, 0) is 11.3 Å². The van der Waals surface area contributed by atoms with Gasteiger partial charge in [0, 0.05) is 18.5 Å². The van der Waals surface area contributed by atoms with E-state index in [1.165, 1.54) is 0 Å². The highest BCUT2D eigenvalue weighted by atomic mass is 16.4. The number of carboxylic acids is 1. The van der Waals surface area contributed by atoms with Gasteiger partial charge in [0.25, 0.3) is 0 Å². The quantitative estimate of drug-likeness (QED) is 0.766. The van der Waals surface area contributed by atoms with Gasteiger partial charge in [0.1, 0.15) is 6.04 Å². The molecule has 4 nitrogen and oxygen atoms in total. The van der Waals surface area contributed by atoms with Gasteiger partial charge in [-0.15, -0.1) is 0 Å². The molecular formula is C17H17NO3. The molecule has 0 amide bonds. The first kappa shape index (κ1) is 14.9. The van der Waals surface area contributed by atoms with Gasteiger partial charge in [-0.25, -0.2) is 0 Å². The zero-order chi connectivity index (χ0) is 15.1. The monoisotopic (exact) mass is 283 g/mol. The number of carboxylic acid groups (broad SMARTS) is 1. The number of carbonyl (C=O) groups is 2. The van der Waals surface area contributed by atoms with Crippen LogP contribution in [0.3, 0.4) is 0 Å². The lowest BCUT2D eigenvalue weighted by Gasteiger charge is -2.14. The van der Waals surface area contributed by atoms with Crippen LogP contribution >= 0.6 is 0 Å². The number of aliphatic carboxylic acids is 1. The first-order valence-electron chi connectivity index (χ1n) is 6.75. The van der Waals surface area contributed by atoms with Crippen LogP contribution < -0.4 is 5.32 Å². The highest BCUT2D eigenvalue weighted by Crippen LogP contribution is 2.07. The molecule has 2 aromatic carbocycles. The molecule has 0 aliphatic carbocycles. The lowest BCUT2D eigenvalue weighted by Crippen LogP contribution is -2.38. The molecule has 0 aliphatic rings. The van der Waals surface area contributed by atoms with E-state index in [1.54, 1.807) is 24.3 Å². The SMILES string of the molecule is O=C(CC(NCc1ccccc1)C(=O)O)c1ccccc1. The van der Waals surface area contributed by atoms with E-state index in [0.29, 0.717) is 12.1 Å². The van der Waals surface area contributed by atoms with Crippen molar-refractivity contribution in [1.29, 1.82) is 0 Å². The minimum Gasteiger partial charge on any atom is -0.480 e. The second kappa shape index (κ2) is 7.36. The fraction of sp³-hybridized carbons (Fsp3) is 0.176. The number of rotatable bonds is 7. The van der Waals surface area contributed by atoms with Crippen LogP contribution in [0.5, 0.6) is 0 Å². The van der Waals surface area contributed by atoms with Crippen LogP contribution in [0, 0.1) is 0 Å². The Kier molecular flexibility index (Phi) is 5.23. The minimum absolute atomic E-state index is 0.0633. The van der Waals surface area contributed by atoms with E-state index < -0.39 is 12.0 Å². The Hall–Kier alpha value is -2.46. The summed E-state index contributed by atoms with van der Waals surface area (Å²) in [6, 6.07) is 17.3. The molecule has 0 heterocycles. The van der Waals surface area contributed by atoms with Crippen molar-refractivity contribution in [2.45, 2.75) is 19.0 Å². The third kappa shape index (κ3) is 4.54. The van der Waals surface area contributed by atoms with E-state index in [2.05, 4.69) is 5.32 Å². The first-order valence-corrected chi connectivity index (χ1v) is 6.75.